The molecule has 13 heteroatoms. The number of carbonyl (C=O) groups excluding carboxylic acids is 4. The Balaban J connectivity index is 1.24. The smallest absolute Gasteiger partial charge is 0.325 e. The molecule has 2 fully saturated rings. The third-order valence-electron chi connectivity index (χ3n) is 6.26. The van der Waals surface area contributed by atoms with Crippen LogP contribution in [0.5, 0.6) is 0 Å². The van der Waals surface area contributed by atoms with Crippen molar-refractivity contribution in [3.63, 3.8) is 0 Å². The Morgan fingerprint density at radius 2 is 1.86 bits per heavy atom. The fourth-order valence-corrected chi connectivity index (χ4v) is 4.92. The van der Waals surface area contributed by atoms with Crippen molar-refractivity contribution in [2.75, 3.05) is 32.7 Å². The molecule has 2 aromatic heterocycles. The van der Waals surface area contributed by atoms with Gasteiger partial charge in [0, 0.05) is 26.2 Å². The van der Waals surface area contributed by atoms with E-state index in [9.17, 15) is 19.2 Å². The molecule has 1 N–H and O–H groups in total. The van der Waals surface area contributed by atoms with Crippen LogP contribution in [0, 0.1) is 0 Å². The van der Waals surface area contributed by atoms with E-state index in [0.29, 0.717) is 42.3 Å². The predicted octanol–water partition coefficient (Wildman–Crippen LogP) is 0.475. The lowest BCUT2D eigenvalue weighted by atomic mass is 9.91. The van der Waals surface area contributed by atoms with Gasteiger partial charge >= 0.3 is 6.03 Å². The Kier molecular flexibility index (Phi) is 5.76. The Bertz CT molecular complexity index is 1270. The molecule has 5 rings (SSSR count). The summed E-state index contributed by atoms with van der Waals surface area (Å²) in [6, 6.07) is 9.91. The van der Waals surface area contributed by atoms with Crippen LogP contribution in [-0.4, -0.2) is 91.4 Å². The molecular formula is C22H22N8O4S. The zero-order valence-corrected chi connectivity index (χ0v) is 19.6. The molecule has 2 saturated heterocycles. The second-order valence-electron chi connectivity index (χ2n) is 8.40. The number of benzene rings is 1. The van der Waals surface area contributed by atoms with Gasteiger partial charge in [0.25, 0.3) is 11.8 Å². The van der Waals surface area contributed by atoms with Crippen LogP contribution >= 0.6 is 11.3 Å². The number of urea groups is 1. The molecule has 180 valence electrons. The van der Waals surface area contributed by atoms with Gasteiger partial charge in [-0.25, -0.2) is 9.48 Å². The van der Waals surface area contributed by atoms with Gasteiger partial charge in [-0.2, -0.15) is 0 Å². The summed E-state index contributed by atoms with van der Waals surface area (Å²) < 4.78 is 1.44. The fraction of sp³-hybridized carbons (Fsp3) is 0.318. The number of hydrogen-bond donors (Lipinski definition) is 1. The zero-order chi connectivity index (χ0) is 24.6. The number of nitrogens with one attached hydrogen (secondary N) is 1. The average molecular weight is 495 g/mol. The Hall–Kier alpha value is -4.13. The van der Waals surface area contributed by atoms with E-state index in [1.54, 1.807) is 47.1 Å². The Morgan fingerprint density at radius 1 is 1.09 bits per heavy atom. The summed E-state index contributed by atoms with van der Waals surface area (Å²) in [6.07, 6.45) is 1.43. The van der Waals surface area contributed by atoms with Gasteiger partial charge in [-0.15, -0.1) is 16.4 Å². The number of nitrogens with zero attached hydrogens (tertiary/aromatic N) is 7. The van der Waals surface area contributed by atoms with Crippen molar-refractivity contribution < 1.29 is 19.2 Å². The topological polar surface area (TPSA) is 134 Å². The summed E-state index contributed by atoms with van der Waals surface area (Å²) >= 11 is 1.38. The van der Waals surface area contributed by atoms with Crippen LogP contribution in [0.1, 0.15) is 22.2 Å². The van der Waals surface area contributed by atoms with Crippen molar-refractivity contribution in [1.29, 1.82) is 0 Å². The van der Waals surface area contributed by atoms with Crippen LogP contribution in [0.2, 0.25) is 0 Å². The van der Waals surface area contributed by atoms with E-state index in [0.717, 1.165) is 4.90 Å². The highest BCUT2D eigenvalue weighted by atomic mass is 32.1. The van der Waals surface area contributed by atoms with Gasteiger partial charge < -0.3 is 15.1 Å². The first-order valence-corrected chi connectivity index (χ1v) is 11.8. The first kappa shape index (κ1) is 22.7. The maximum absolute atomic E-state index is 13.3. The lowest BCUT2D eigenvalue weighted by Crippen LogP contribution is -2.53. The number of imide groups is 1. The number of thiophene rings is 1. The van der Waals surface area contributed by atoms with E-state index in [2.05, 4.69) is 20.8 Å². The molecule has 4 heterocycles. The summed E-state index contributed by atoms with van der Waals surface area (Å²) in [4.78, 5) is 56.3. The van der Waals surface area contributed by atoms with Crippen LogP contribution in [0.3, 0.4) is 0 Å². The van der Waals surface area contributed by atoms with Crippen LogP contribution < -0.4 is 5.32 Å². The third kappa shape index (κ3) is 4.14. The molecule has 2 aliphatic rings. The Morgan fingerprint density at radius 3 is 2.54 bits per heavy atom. The van der Waals surface area contributed by atoms with Crippen molar-refractivity contribution >= 4 is 35.1 Å². The van der Waals surface area contributed by atoms with Crippen LogP contribution in [0.15, 0.2) is 48.1 Å². The minimum absolute atomic E-state index is 0.0548. The number of hydrogen-bond acceptors (Lipinski definition) is 8. The summed E-state index contributed by atoms with van der Waals surface area (Å²) in [5.74, 6) is -0.916. The molecule has 12 nitrogen and oxygen atoms in total. The molecule has 2 aliphatic heterocycles. The van der Waals surface area contributed by atoms with Crippen molar-refractivity contribution in [2.45, 2.75) is 12.5 Å². The molecule has 1 unspecified atom stereocenters. The molecule has 0 radical (unpaired) electrons. The first-order chi connectivity index (χ1) is 16.9. The standard InChI is InChI=1S/C22H22N8O4S/c1-22(15-4-2-5-16(12-15)30-14-23-25-26-30)20(33)29(21(34)24-22)13-18(31)27-7-9-28(10-8-27)19(32)17-6-3-11-35-17/h2-6,11-12,14H,7-10,13H2,1H3,(H,24,34). The van der Waals surface area contributed by atoms with E-state index < -0.39 is 17.5 Å². The number of tetrazole rings is 1. The highest BCUT2D eigenvalue weighted by molar-refractivity contribution is 7.12. The molecule has 3 aromatic rings. The summed E-state index contributed by atoms with van der Waals surface area (Å²) in [5, 5.41) is 15.6. The number of rotatable bonds is 5. The molecule has 0 saturated carbocycles. The van der Waals surface area contributed by atoms with Gasteiger partial charge in [-0.3, -0.25) is 19.3 Å². The van der Waals surface area contributed by atoms with E-state index in [1.165, 1.54) is 22.3 Å². The maximum atomic E-state index is 13.3. The normalized spacial score (nSPS) is 20.3. The lowest BCUT2D eigenvalue weighted by Gasteiger charge is -2.35. The largest absolute Gasteiger partial charge is 0.338 e. The number of aromatic nitrogens is 4. The second-order valence-corrected chi connectivity index (χ2v) is 9.35. The van der Waals surface area contributed by atoms with E-state index in [-0.39, 0.29) is 18.4 Å². The second kappa shape index (κ2) is 8.91. The van der Waals surface area contributed by atoms with E-state index in [1.807, 2.05) is 11.4 Å². The molecular weight excluding hydrogens is 472 g/mol. The van der Waals surface area contributed by atoms with Crippen LogP contribution in [-0.2, 0) is 15.1 Å². The average Bonchev–Trinajstić information content (AvgIpc) is 3.64. The highest BCUT2D eigenvalue weighted by Gasteiger charge is 2.50. The first-order valence-electron chi connectivity index (χ1n) is 11.0. The van der Waals surface area contributed by atoms with Gasteiger partial charge in [0.2, 0.25) is 5.91 Å². The van der Waals surface area contributed by atoms with Crippen LogP contribution in [0.4, 0.5) is 4.79 Å². The van der Waals surface area contributed by atoms with E-state index in [4.69, 9.17) is 0 Å². The summed E-state index contributed by atoms with van der Waals surface area (Å²) in [6.45, 7) is 2.70. The van der Waals surface area contributed by atoms with E-state index >= 15 is 0 Å². The molecule has 5 amide bonds. The van der Waals surface area contributed by atoms with Crippen molar-refractivity contribution in [2.24, 2.45) is 0 Å². The van der Waals surface area contributed by atoms with Crippen LogP contribution in [0.25, 0.3) is 5.69 Å². The minimum Gasteiger partial charge on any atom is -0.338 e. The summed E-state index contributed by atoms with van der Waals surface area (Å²) in [7, 11) is 0. The van der Waals surface area contributed by atoms with Gasteiger partial charge in [-0.05, 0) is 46.5 Å². The monoisotopic (exact) mass is 494 g/mol. The summed E-state index contributed by atoms with van der Waals surface area (Å²) in [5.41, 5.74) is -0.174. The van der Waals surface area contributed by atoms with Gasteiger partial charge in [0.1, 0.15) is 18.4 Å². The number of piperazine rings is 1. The molecule has 0 bridgehead atoms. The molecule has 0 aliphatic carbocycles. The molecule has 0 spiro atoms. The molecule has 35 heavy (non-hydrogen) atoms. The minimum atomic E-state index is -1.34. The lowest BCUT2D eigenvalue weighted by molar-refractivity contribution is -0.139. The number of carbonyl (C=O) groups is 4. The molecule has 1 atom stereocenters. The Labute approximate surface area is 204 Å². The van der Waals surface area contributed by atoms with Gasteiger partial charge in [-0.1, -0.05) is 18.2 Å². The third-order valence-corrected chi connectivity index (χ3v) is 7.11. The zero-order valence-electron chi connectivity index (χ0n) is 18.8. The van der Waals surface area contributed by atoms with Gasteiger partial charge in [0.15, 0.2) is 0 Å². The van der Waals surface area contributed by atoms with Crippen molar-refractivity contribution in [3.05, 3.63) is 58.5 Å². The quantitative estimate of drug-likeness (QED) is 0.510. The van der Waals surface area contributed by atoms with Gasteiger partial charge in [0.05, 0.1) is 10.6 Å². The number of amides is 5. The SMILES string of the molecule is CC1(c2cccc(-n3cnnn3)c2)NC(=O)N(CC(=O)N2CCN(C(=O)c3cccs3)CC2)C1=O. The van der Waals surface area contributed by atoms with Crippen molar-refractivity contribution in [1.82, 2.24) is 40.2 Å². The predicted molar refractivity (Wildman–Crippen MR) is 124 cm³/mol. The fourth-order valence-electron chi connectivity index (χ4n) is 4.23. The highest BCUT2D eigenvalue weighted by Crippen LogP contribution is 2.30. The molecule has 1 aromatic carbocycles. The van der Waals surface area contributed by atoms with Crippen molar-refractivity contribution in [3.8, 4) is 5.69 Å². The maximum Gasteiger partial charge on any atom is 0.325 e.